The van der Waals surface area contributed by atoms with Crippen LogP contribution in [-0.4, -0.2) is 56.8 Å². The molecule has 0 amide bonds. The van der Waals surface area contributed by atoms with Crippen LogP contribution < -0.4 is 10.4 Å². The maximum Gasteiger partial charge on any atom is 0.261 e. The molecule has 2 heterocycles. The van der Waals surface area contributed by atoms with E-state index in [4.69, 9.17) is 18.6 Å². The molecule has 168 valence electrons. The fourth-order valence-corrected chi connectivity index (χ4v) is 9.52. The summed E-state index contributed by atoms with van der Waals surface area (Å²) in [5.41, 5.74) is 0. The van der Waals surface area contributed by atoms with Crippen LogP contribution in [-0.2, 0) is 18.6 Å². The monoisotopic (exact) mass is 442 g/mol. The molecular weight excluding hydrogens is 408 g/mol. The zero-order valence-electron chi connectivity index (χ0n) is 19.1. The van der Waals surface area contributed by atoms with Crippen molar-refractivity contribution in [3.05, 3.63) is 60.7 Å². The topological polar surface area (TPSA) is 57.2 Å². The van der Waals surface area contributed by atoms with Crippen LogP contribution in [0, 0.1) is 0 Å². The quantitative estimate of drug-likeness (QED) is 0.722. The molecule has 0 spiro atoms. The Labute approximate surface area is 186 Å². The van der Waals surface area contributed by atoms with Crippen LogP contribution in [0.5, 0.6) is 0 Å². The number of ether oxygens (including phenoxy) is 3. The average Bonchev–Trinajstić information content (AvgIpc) is 3.28. The van der Waals surface area contributed by atoms with Gasteiger partial charge < -0.3 is 23.7 Å². The van der Waals surface area contributed by atoms with E-state index < -0.39 is 32.4 Å². The van der Waals surface area contributed by atoms with E-state index in [9.17, 15) is 5.11 Å². The molecule has 4 atom stereocenters. The molecule has 1 N–H and O–H groups in total. The maximum absolute atomic E-state index is 11.2. The first-order valence-electron chi connectivity index (χ1n) is 11.0. The van der Waals surface area contributed by atoms with Crippen molar-refractivity contribution in [1.29, 1.82) is 0 Å². The van der Waals surface area contributed by atoms with Crippen molar-refractivity contribution in [3.8, 4) is 0 Å². The SMILES string of the molecule is CC1(C)OC[C@H]([C@@H]2OC[C@H](O[Si](c3ccccc3)(c3ccccc3)C(C)(C)C)[C@H]2O)O1. The zero-order chi connectivity index (χ0) is 22.3. The number of rotatable bonds is 5. The Kier molecular flexibility index (Phi) is 6.16. The second kappa shape index (κ2) is 8.43. The Balaban J connectivity index is 1.69. The molecule has 0 aromatic heterocycles. The summed E-state index contributed by atoms with van der Waals surface area (Å²) in [6.07, 6.45) is -2.00. The summed E-state index contributed by atoms with van der Waals surface area (Å²) >= 11 is 0. The third kappa shape index (κ3) is 4.25. The highest BCUT2D eigenvalue weighted by atomic mass is 28.4. The molecule has 0 saturated carbocycles. The van der Waals surface area contributed by atoms with Gasteiger partial charge in [0.15, 0.2) is 5.79 Å². The number of hydrogen-bond acceptors (Lipinski definition) is 5. The molecule has 2 aliphatic heterocycles. The smallest absolute Gasteiger partial charge is 0.261 e. The summed E-state index contributed by atoms with van der Waals surface area (Å²) in [6.45, 7) is 11.2. The van der Waals surface area contributed by atoms with Crippen molar-refractivity contribution < 1.29 is 23.7 Å². The summed E-state index contributed by atoms with van der Waals surface area (Å²) in [5, 5.41) is 13.4. The molecule has 0 radical (unpaired) electrons. The van der Waals surface area contributed by atoms with Gasteiger partial charge in [-0.05, 0) is 29.3 Å². The highest BCUT2D eigenvalue weighted by molar-refractivity contribution is 6.99. The summed E-state index contributed by atoms with van der Waals surface area (Å²) in [4.78, 5) is 0. The van der Waals surface area contributed by atoms with Gasteiger partial charge in [0.1, 0.15) is 18.3 Å². The molecule has 2 aromatic rings. The molecule has 2 aliphatic rings. The summed E-state index contributed by atoms with van der Waals surface area (Å²) in [5.74, 6) is -0.662. The Morgan fingerprint density at radius 3 is 1.94 bits per heavy atom. The first kappa shape index (κ1) is 22.6. The van der Waals surface area contributed by atoms with Gasteiger partial charge >= 0.3 is 0 Å². The Morgan fingerprint density at radius 2 is 1.48 bits per heavy atom. The van der Waals surface area contributed by atoms with Crippen molar-refractivity contribution in [2.24, 2.45) is 0 Å². The van der Waals surface area contributed by atoms with Crippen LogP contribution in [0.2, 0.25) is 5.04 Å². The van der Waals surface area contributed by atoms with Crippen molar-refractivity contribution in [2.75, 3.05) is 13.2 Å². The van der Waals surface area contributed by atoms with Crippen molar-refractivity contribution in [3.63, 3.8) is 0 Å². The van der Waals surface area contributed by atoms with Crippen molar-refractivity contribution >= 4 is 18.7 Å². The molecule has 4 rings (SSSR count). The van der Waals surface area contributed by atoms with E-state index in [-0.39, 0.29) is 11.1 Å². The Morgan fingerprint density at radius 1 is 0.935 bits per heavy atom. The minimum Gasteiger partial charge on any atom is -0.399 e. The fraction of sp³-hybridized carbons (Fsp3) is 0.520. The van der Waals surface area contributed by atoms with E-state index >= 15 is 0 Å². The Bertz CT molecular complexity index is 825. The van der Waals surface area contributed by atoms with Gasteiger partial charge in [-0.1, -0.05) is 81.4 Å². The lowest BCUT2D eigenvalue weighted by molar-refractivity contribution is -0.158. The van der Waals surface area contributed by atoms with E-state index in [1.54, 1.807) is 0 Å². The highest BCUT2D eigenvalue weighted by Crippen LogP contribution is 2.39. The van der Waals surface area contributed by atoms with Gasteiger partial charge in [-0.2, -0.15) is 0 Å². The van der Waals surface area contributed by atoms with Crippen LogP contribution in [0.3, 0.4) is 0 Å². The van der Waals surface area contributed by atoms with E-state index in [2.05, 4.69) is 69.3 Å². The normalized spacial score (nSPS) is 28.7. The summed E-state index contributed by atoms with van der Waals surface area (Å²) in [7, 11) is -2.77. The molecule has 0 aliphatic carbocycles. The number of hydrogen-bond donors (Lipinski definition) is 1. The lowest BCUT2D eigenvalue weighted by Crippen LogP contribution is -2.68. The lowest BCUT2D eigenvalue weighted by Gasteiger charge is -2.45. The molecule has 2 fully saturated rings. The molecule has 5 nitrogen and oxygen atoms in total. The standard InChI is InChI=1S/C25H34O5Si/c1-24(2,3)31(18-12-8-6-9-13-18,19-14-10-7-11-15-19)30-20-16-27-23(22(20)26)21-17-28-25(4,5)29-21/h6-15,20-23,26H,16-17H2,1-5H3/t20-,21+,22+,23-/m0/s1. The molecule has 2 aromatic carbocycles. The van der Waals surface area contributed by atoms with Crippen LogP contribution in [0.25, 0.3) is 0 Å². The molecule has 2 saturated heterocycles. The lowest BCUT2D eigenvalue weighted by atomic mass is 10.1. The van der Waals surface area contributed by atoms with Crippen LogP contribution >= 0.6 is 0 Å². The van der Waals surface area contributed by atoms with Crippen molar-refractivity contribution in [2.45, 2.75) is 69.9 Å². The largest absolute Gasteiger partial charge is 0.399 e. The fourth-order valence-electron chi connectivity index (χ4n) is 4.84. The number of aliphatic hydroxyl groups excluding tert-OH is 1. The predicted molar refractivity (Wildman–Crippen MR) is 123 cm³/mol. The van der Waals surface area contributed by atoms with Gasteiger partial charge in [-0.25, -0.2) is 0 Å². The minimum atomic E-state index is -2.77. The number of benzene rings is 2. The number of aliphatic hydroxyl groups is 1. The van der Waals surface area contributed by atoms with E-state index in [1.807, 2.05) is 26.0 Å². The van der Waals surface area contributed by atoms with Gasteiger partial charge in [0, 0.05) is 0 Å². The van der Waals surface area contributed by atoms with E-state index in [1.165, 1.54) is 10.4 Å². The molecule has 31 heavy (non-hydrogen) atoms. The maximum atomic E-state index is 11.2. The summed E-state index contributed by atoms with van der Waals surface area (Å²) in [6, 6.07) is 20.9. The van der Waals surface area contributed by atoms with Gasteiger partial charge in [0.2, 0.25) is 0 Å². The highest BCUT2D eigenvalue weighted by Gasteiger charge is 2.55. The predicted octanol–water partition coefficient (Wildman–Crippen LogP) is 2.84. The second-order valence-electron chi connectivity index (χ2n) is 9.98. The second-order valence-corrected chi connectivity index (χ2v) is 14.2. The molecule has 0 bridgehead atoms. The van der Waals surface area contributed by atoms with E-state index in [0.717, 1.165) is 0 Å². The van der Waals surface area contributed by atoms with Crippen LogP contribution in [0.15, 0.2) is 60.7 Å². The average molecular weight is 443 g/mol. The van der Waals surface area contributed by atoms with E-state index in [0.29, 0.717) is 13.2 Å². The first-order valence-corrected chi connectivity index (χ1v) is 13.0. The van der Waals surface area contributed by atoms with Crippen molar-refractivity contribution in [1.82, 2.24) is 0 Å². The molecule has 0 unspecified atom stereocenters. The third-order valence-corrected chi connectivity index (χ3v) is 11.4. The molecule has 6 heteroatoms. The Hall–Kier alpha value is -1.54. The van der Waals surface area contributed by atoms with Crippen LogP contribution in [0.4, 0.5) is 0 Å². The first-order chi connectivity index (χ1) is 14.6. The third-order valence-electron chi connectivity index (χ3n) is 6.31. The van der Waals surface area contributed by atoms with Gasteiger partial charge in [0.05, 0.1) is 19.3 Å². The minimum absolute atomic E-state index is 0.164. The zero-order valence-corrected chi connectivity index (χ0v) is 20.1. The van der Waals surface area contributed by atoms with Crippen LogP contribution in [0.1, 0.15) is 34.6 Å². The van der Waals surface area contributed by atoms with Gasteiger partial charge in [-0.3, -0.25) is 0 Å². The van der Waals surface area contributed by atoms with Gasteiger partial charge in [0.25, 0.3) is 8.32 Å². The summed E-state index contributed by atoms with van der Waals surface area (Å²) < 4.78 is 24.7. The van der Waals surface area contributed by atoms with Gasteiger partial charge in [-0.15, -0.1) is 0 Å². The molecular formula is C25H34O5Si.